The first-order valence-corrected chi connectivity index (χ1v) is 3.99. The molecule has 1 aliphatic rings. The van der Waals surface area contributed by atoms with Crippen molar-refractivity contribution in [2.75, 3.05) is 0 Å². The Kier molecular flexibility index (Phi) is 2.77. The largest absolute Gasteiger partial charge is 0.380 e. The lowest BCUT2D eigenvalue weighted by molar-refractivity contribution is 0.133. The lowest BCUT2D eigenvalue weighted by Gasteiger charge is -2.22. The Hall–Kier alpha value is -0.480. The summed E-state index contributed by atoms with van der Waals surface area (Å²) in [6, 6.07) is 0. The van der Waals surface area contributed by atoms with Gasteiger partial charge in [0.05, 0.1) is 0 Å². The zero-order valence-electron chi connectivity index (χ0n) is 6.21. The van der Waals surface area contributed by atoms with E-state index in [-0.39, 0.29) is 0 Å². The molecule has 1 N–H and O–H groups in total. The fourth-order valence-electron chi connectivity index (χ4n) is 1.59. The zero-order valence-corrected chi connectivity index (χ0v) is 6.21. The van der Waals surface area contributed by atoms with Gasteiger partial charge in [-0.25, -0.2) is 0 Å². The molecule has 0 aromatic carbocycles. The molecule has 0 radical (unpaired) electrons. The van der Waals surface area contributed by atoms with Crippen molar-refractivity contribution in [2.45, 2.75) is 38.2 Å². The molecule has 0 saturated heterocycles. The second kappa shape index (κ2) is 3.63. The normalized spacial score (nSPS) is 23.6. The van der Waals surface area contributed by atoms with E-state index in [0.717, 1.165) is 12.8 Å². The van der Waals surface area contributed by atoms with Gasteiger partial charge in [-0.1, -0.05) is 25.2 Å². The Bertz CT molecular complexity index is 128. The fraction of sp³-hybridized carbons (Fsp3) is 0.778. The van der Waals surface area contributed by atoms with Crippen molar-refractivity contribution in [1.29, 1.82) is 0 Å². The van der Waals surface area contributed by atoms with Gasteiger partial charge >= 0.3 is 0 Å². The highest BCUT2D eigenvalue weighted by Crippen LogP contribution is 2.25. The van der Waals surface area contributed by atoms with Gasteiger partial charge in [-0.15, -0.1) is 6.42 Å². The molecule has 1 nitrogen and oxygen atoms in total. The number of rotatable bonds is 1. The Morgan fingerprint density at radius 1 is 1.30 bits per heavy atom. The van der Waals surface area contributed by atoms with Gasteiger partial charge in [0.15, 0.2) is 0 Å². The third-order valence-electron chi connectivity index (χ3n) is 2.27. The van der Waals surface area contributed by atoms with Crippen LogP contribution in [0, 0.1) is 18.3 Å². The van der Waals surface area contributed by atoms with E-state index in [1.807, 2.05) is 0 Å². The standard InChI is InChI=1S/C9H14O/c1-2-9(10)8-6-4-3-5-7-8/h1,8-10H,3-7H2/t9-/m1/s1. The number of aliphatic hydroxyl groups excluding tert-OH is 1. The van der Waals surface area contributed by atoms with Crippen LogP contribution >= 0.6 is 0 Å². The Labute approximate surface area is 62.4 Å². The SMILES string of the molecule is C#C[C@@H](O)C1CCCCC1. The predicted molar refractivity (Wildman–Crippen MR) is 41.4 cm³/mol. The van der Waals surface area contributed by atoms with Crippen molar-refractivity contribution in [3.63, 3.8) is 0 Å². The molecule has 1 atom stereocenters. The molecular formula is C9H14O. The minimum atomic E-state index is -0.486. The van der Waals surface area contributed by atoms with Gasteiger partial charge in [-0.05, 0) is 18.8 Å². The summed E-state index contributed by atoms with van der Waals surface area (Å²) in [5.74, 6) is 2.78. The maximum absolute atomic E-state index is 9.25. The number of hydrogen-bond donors (Lipinski definition) is 1. The van der Waals surface area contributed by atoms with Gasteiger partial charge in [0.1, 0.15) is 6.10 Å². The average Bonchev–Trinajstić information content (AvgIpc) is 2.05. The predicted octanol–water partition coefficient (Wildman–Crippen LogP) is 1.56. The fourth-order valence-corrected chi connectivity index (χ4v) is 1.59. The molecule has 0 aromatic heterocycles. The van der Waals surface area contributed by atoms with E-state index in [4.69, 9.17) is 6.42 Å². The van der Waals surface area contributed by atoms with Crippen LogP contribution in [0.4, 0.5) is 0 Å². The summed E-state index contributed by atoms with van der Waals surface area (Å²) >= 11 is 0. The van der Waals surface area contributed by atoms with Gasteiger partial charge in [0, 0.05) is 0 Å². The van der Waals surface area contributed by atoms with Gasteiger partial charge in [0.2, 0.25) is 0 Å². The minimum absolute atomic E-state index is 0.388. The highest BCUT2D eigenvalue weighted by Gasteiger charge is 2.19. The Morgan fingerprint density at radius 2 is 1.90 bits per heavy atom. The minimum Gasteiger partial charge on any atom is -0.380 e. The second-order valence-corrected chi connectivity index (χ2v) is 3.01. The van der Waals surface area contributed by atoms with E-state index in [0.29, 0.717) is 5.92 Å². The molecular weight excluding hydrogens is 124 g/mol. The first-order chi connectivity index (χ1) is 4.84. The summed E-state index contributed by atoms with van der Waals surface area (Å²) in [6.45, 7) is 0. The quantitative estimate of drug-likeness (QED) is 0.545. The summed E-state index contributed by atoms with van der Waals surface area (Å²) in [7, 11) is 0. The third kappa shape index (κ3) is 1.75. The molecule has 0 amide bonds. The molecule has 0 bridgehead atoms. The molecule has 0 unspecified atom stereocenters. The van der Waals surface area contributed by atoms with Crippen molar-refractivity contribution in [3.05, 3.63) is 0 Å². The van der Waals surface area contributed by atoms with Crippen molar-refractivity contribution < 1.29 is 5.11 Å². The summed E-state index contributed by atoms with van der Waals surface area (Å²) in [5.41, 5.74) is 0. The maximum atomic E-state index is 9.25. The summed E-state index contributed by atoms with van der Waals surface area (Å²) in [5, 5.41) is 9.25. The molecule has 10 heavy (non-hydrogen) atoms. The number of hydrogen-bond acceptors (Lipinski definition) is 1. The molecule has 1 rings (SSSR count). The molecule has 0 spiro atoms. The number of aliphatic hydroxyl groups is 1. The van der Waals surface area contributed by atoms with Crippen LogP contribution in [0.5, 0.6) is 0 Å². The van der Waals surface area contributed by atoms with E-state index in [2.05, 4.69) is 5.92 Å². The van der Waals surface area contributed by atoms with Gasteiger partial charge in [0.25, 0.3) is 0 Å². The molecule has 1 saturated carbocycles. The van der Waals surface area contributed by atoms with Crippen molar-refractivity contribution in [3.8, 4) is 12.3 Å². The highest BCUT2D eigenvalue weighted by molar-refractivity contribution is 4.97. The van der Waals surface area contributed by atoms with Crippen LogP contribution in [0.25, 0.3) is 0 Å². The molecule has 0 heterocycles. The zero-order chi connectivity index (χ0) is 7.40. The van der Waals surface area contributed by atoms with Crippen LogP contribution in [-0.2, 0) is 0 Å². The summed E-state index contributed by atoms with van der Waals surface area (Å²) in [6.07, 6.45) is 10.6. The Morgan fingerprint density at radius 3 is 2.40 bits per heavy atom. The molecule has 56 valence electrons. The Balaban J connectivity index is 2.33. The van der Waals surface area contributed by atoms with Crippen LogP contribution in [-0.4, -0.2) is 11.2 Å². The van der Waals surface area contributed by atoms with Crippen molar-refractivity contribution in [1.82, 2.24) is 0 Å². The number of terminal acetylenes is 1. The molecule has 0 aromatic rings. The van der Waals surface area contributed by atoms with E-state index >= 15 is 0 Å². The topological polar surface area (TPSA) is 20.2 Å². The van der Waals surface area contributed by atoms with E-state index in [1.54, 1.807) is 0 Å². The van der Waals surface area contributed by atoms with Gasteiger partial charge in [-0.2, -0.15) is 0 Å². The molecule has 1 aliphatic carbocycles. The molecule has 0 aliphatic heterocycles. The van der Waals surface area contributed by atoms with E-state index in [1.165, 1.54) is 19.3 Å². The summed E-state index contributed by atoms with van der Waals surface area (Å²) in [4.78, 5) is 0. The van der Waals surface area contributed by atoms with E-state index < -0.39 is 6.10 Å². The van der Waals surface area contributed by atoms with Crippen LogP contribution in [0.15, 0.2) is 0 Å². The lowest BCUT2D eigenvalue weighted by Crippen LogP contribution is -2.20. The summed E-state index contributed by atoms with van der Waals surface area (Å²) < 4.78 is 0. The van der Waals surface area contributed by atoms with Crippen LogP contribution in [0.3, 0.4) is 0 Å². The molecule has 1 heteroatoms. The second-order valence-electron chi connectivity index (χ2n) is 3.01. The van der Waals surface area contributed by atoms with Crippen molar-refractivity contribution >= 4 is 0 Å². The first kappa shape index (κ1) is 7.63. The smallest absolute Gasteiger partial charge is 0.117 e. The van der Waals surface area contributed by atoms with Crippen molar-refractivity contribution in [2.24, 2.45) is 5.92 Å². The monoisotopic (exact) mass is 138 g/mol. The highest BCUT2D eigenvalue weighted by atomic mass is 16.3. The lowest BCUT2D eigenvalue weighted by atomic mass is 9.86. The van der Waals surface area contributed by atoms with Crippen LogP contribution in [0.2, 0.25) is 0 Å². The molecule has 1 fully saturated rings. The van der Waals surface area contributed by atoms with E-state index in [9.17, 15) is 5.11 Å². The van der Waals surface area contributed by atoms with Crippen LogP contribution in [0.1, 0.15) is 32.1 Å². The third-order valence-corrected chi connectivity index (χ3v) is 2.27. The maximum Gasteiger partial charge on any atom is 0.117 e. The van der Waals surface area contributed by atoms with Gasteiger partial charge < -0.3 is 5.11 Å². The van der Waals surface area contributed by atoms with Crippen LogP contribution < -0.4 is 0 Å². The van der Waals surface area contributed by atoms with Gasteiger partial charge in [-0.3, -0.25) is 0 Å². The first-order valence-electron chi connectivity index (χ1n) is 3.99. The average molecular weight is 138 g/mol.